The van der Waals surface area contributed by atoms with Crippen LogP contribution in [0.5, 0.6) is 0 Å². The maximum absolute atomic E-state index is 12.4. The number of carbonyl (C=O) groups excluding carboxylic acids is 1. The maximum Gasteiger partial charge on any atom is 0.228 e. The van der Waals surface area contributed by atoms with Crippen LogP contribution in [0.1, 0.15) is 24.6 Å². The zero-order chi connectivity index (χ0) is 15.1. The third-order valence-corrected chi connectivity index (χ3v) is 3.37. The molecule has 1 aromatic carbocycles. The number of aliphatic hydroxyl groups is 1. The predicted octanol–water partition coefficient (Wildman–Crippen LogP) is 1.75. The molecule has 5 nitrogen and oxygen atoms in total. The molecule has 112 valence electrons. The average Bonchev–Trinajstić information content (AvgIpc) is 3.00. The topological polar surface area (TPSA) is 69.2 Å². The number of hydrogen-bond acceptors (Lipinski definition) is 3. The number of aromatic nitrogens is 2. The molecular weight excluding hydrogens is 266 g/mol. The Morgan fingerprint density at radius 2 is 2.10 bits per heavy atom. The minimum atomic E-state index is -0.501. The van der Waals surface area contributed by atoms with E-state index in [2.05, 4.69) is 10.2 Å². The third kappa shape index (κ3) is 4.72. The Labute approximate surface area is 124 Å². The number of carbonyl (C=O) groups is 1. The number of rotatable bonds is 7. The molecule has 1 atom stereocenters. The summed E-state index contributed by atoms with van der Waals surface area (Å²) in [5, 5.41) is 16.5. The summed E-state index contributed by atoms with van der Waals surface area (Å²) >= 11 is 0. The fourth-order valence-electron chi connectivity index (χ4n) is 2.10. The lowest BCUT2D eigenvalue weighted by molar-refractivity contribution is -0.132. The van der Waals surface area contributed by atoms with Crippen LogP contribution >= 0.6 is 0 Å². The van der Waals surface area contributed by atoms with Crippen molar-refractivity contribution in [1.29, 1.82) is 0 Å². The Kier molecular flexibility index (Phi) is 5.51. The van der Waals surface area contributed by atoms with E-state index in [1.165, 1.54) is 0 Å². The highest BCUT2D eigenvalue weighted by molar-refractivity contribution is 5.78. The van der Waals surface area contributed by atoms with Crippen molar-refractivity contribution in [2.24, 2.45) is 0 Å². The molecule has 1 amide bonds. The molecule has 0 fully saturated rings. The zero-order valence-electron chi connectivity index (χ0n) is 12.2. The van der Waals surface area contributed by atoms with Crippen molar-refractivity contribution < 1.29 is 9.90 Å². The number of benzene rings is 1. The van der Waals surface area contributed by atoms with E-state index in [4.69, 9.17) is 0 Å². The van der Waals surface area contributed by atoms with Crippen molar-refractivity contribution in [3.63, 3.8) is 0 Å². The lowest BCUT2D eigenvalue weighted by atomic mass is 10.1. The number of aromatic amines is 1. The molecule has 0 aliphatic carbocycles. The highest BCUT2D eigenvalue weighted by Crippen LogP contribution is 2.09. The monoisotopic (exact) mass is 287 g/mol. The van der Waals surface area contributed by atoms with E-state index in [0.29, 0.717) is 19.5 Å². The van der Waals surface area contributed by atoms with Crippen LogP contribution in [0.4, 0.5) is 0 Å². The number of H-pyrrole nitrogens is 1. The van der Waals surface area contributed by atoms with E-state index in [0.717, 1.165) is 11.3 Å². The second kappa shape index (κ2) is 7.59. The highest BCUT2D eigenvalue weighted by atomic mass is 16.3. The molecule has 0 radical (unpaired) electrons. The molecule has 1 heterocycles. The first-order valence-corrected chi connectivity index (χ1v) is 7.17. The van der Waals surface area contributed by atoms with Crippen molar-refractivity contribution in [1.82, 2.24) is 15.1 Å². The van der Waals surface area contributed by atoms with E-state index in [1.807, 2.05) is 37.3 Å². The van der Waals surface area contributed by atoms with E-state index < -0.39 is 6.10 Å². The SMILES string of the molecule is CCC(O)CN(Cc1ccccc1)C(=O)Cc1ccn[nH]1. The van der Waals surface area contributed by atoms with Gasteiger partial charge >= 0.3 is 0 Å². The first kappa shape index (κ1) is 15.3. The maximum atomic E-state index is 12.4. The molecule has 0 aliphatic heterocycles. The molecular formula is C16H21N3O2. The Balaban J connectivity index is 2.05. The summed E-state index contributed by atoms with van der Waals surface area (Å²) in [7, 11) is 0. The standard InChI is InChI=1S/C16H21N3O2/c1-2-15(20)12-19(11-13-6-4-3-5-7-13)16(21)10-14-8-9-17-18-14/h3-9,15,20H,2,10-12H2,1H3,(H,17,18). The van der Waals surface area contributed by atoms with Crippen LogP contribution in [0.3, 0.4) is 0 Å². The first-order chi connectivity index (χ1) is 10.2. The zero-order valence-corrected chi connectivity index (χ0v) is 12.2. The summed E-state index contributed by atoms with van der Waals surface area (Å²) < 4.78 is 0. The Bertz CT molecular complexity index is 540. The second-order valence-corrected chi connectivity index (χ2v) is 5.08. The fraction of sp³-hybridized carbons (Fsp3) is 0.375. The molecule has 1 unspecified atom stereocenters. The Morgan fingerprint density at radius 1 is 1.33 bits per heavy atom. The lowest BCUT2D eigenvalue weighted by Gasteiger charge is -2.25. The summed E-state index contributed by atoms with van der Waals surface area (Å²) in [6.45, 7) is 2.76. The summed E-state index contributed by atoms with van der Waals surface area (Å²) in [6, 6.07) is 11.6. The summed E-state index contributed by atoms with van der Waals surface area (Å²) in [4.78, 5) is 14.1. The minimum absolute atomic E-state index is 0.0180. The van der Waals surface area contributed by atoms with Crippen molar-refractivity contribution in [3.05, 3.63) is 53.9 Å². The van der Waals surface area contributed by atoms with Crippen LogP contribution in [0.25, 0.3) is 0 Å². The number of amides is 1. The van der Waals surface area contributed by atoms with Crippen molar-refractivity contribution in [3.8, 4) is 0 Å². The van der Waals surface area contributed by atoms with Gasteiger partial charge in [0.05, 0.1) is 12.5 Å². The van der Waals surface area contributed by atoms with E-state index in [1.54, 1.807) is 17.2 Å². The van der Waals surface area contributed by atoms with Gasteiger partial charge in [-0.2, -0.15) is 5.10 Å². The van der Waals surface area contributed by atoms with Gasteiger partial charge in [0.1, 0.15) is 0 Å². The number of nitrogens with zero attached hydrogens (tertiary/aromatic N) is 2. The van der Waals surface area contributed by atoms with Gasteiger partial charge < -0.3 is 10.0 Å². The molecule has 0 spiro atoms. The van der Waals surface area contributed by atoms with Gasteiger partial charge in [0, 0.05) is 25.0 Å². The normalized spacial score (nSPS) is 12.1. The van der Waals surface area contributed by atoms with Crippen LogP contribution in [-0.2, 0) is 17.8 Å². The minimum Gasteiger partial charge on any atom is -0.391 e. The largest absolute Gasteiger partial charge is 0.391 e. The molecule has 2 aromatic rings. The van der Waals surface area contributed by atoms with Crippen molar-refractivity contribution in [2.75, 3.05) is 6.54 Å². The second-order valence-electron chi connectivity index (χ2n) is 5.08. The quantitative estimate of drug-likeness (QED) is 0.815. The van der Waals surface area contributed by atoms with Gasteiger partial charge in [-0.3, -0.25) is 9.89 Å². The Morgan fingerprint density at radius 3 is 2.71 bits per heavy atom. The molecule has 1 aromatic heterocycles. The highest BCUT2D eigenvalue weighted by Gasteiger charge is 2.18. The van der Waals surface area contributed by atoms with Gasteiger partial charge in [0.15, 0.2) is 0 Å². The van der Waals surface area contributed by atoms with Crippen LogP contribution in [-0.4, -0.2) is 38.8 Å². The summed E-state index contributed by atoms with van der Waals surface area (Å²) in [5.41, 5.74) is 1.84. The molecule has 0 saturated heterocycles. The van der Waals surface area contributed by atoms with Gasteiger partial charge in [0.2, 0.25) is 5.91 Å². The number of hydrogen-bond donors (Lipinski definition) is 2. The molecule has 2 N–H and O–H groups in total. The van der Waals surface area contributed by atoms with Crippen molar-refractivity contribution >= 4 is 5.91 Å². The Hall–Kier alpha value is -2.14. The summed E-state index contributed by atoms with van der Waals surface area (Å²) in [6.07, 6.45) is 2.02. The summed E-state index contributed by atoms with van der Waals surface area (Å²) in [5.74, 6) is -0.0180. The van der Waals surface area contributed by atoms with Crippen LogP contribution in [0, 0.1) is 0 Å². The van der Waals surface area contributed by atoms with Crippen LogP contribution in [0.2, 0.25) is 0 Å². The van der Waals surface area contributed by atoms with Gasteiger partial charge in [-0.05, 0) is 18.1 Å². The third-order valence-electron chi connectivity index (χ3n) is 3.37. The molecule has 0 bridgehead atoms. The van der Waals surface area contributed by atoms with Crippen molar-refractivity contribution in [2.45, 2.75) is 32.4 Å². The van der Waals surface area contributed by atoms with Gasteiger partial charge in [-0.15, -0.1) is 0 Å². The molecule has 0 saturated carbocycles. The lowest BCUT2D eigenvalue weighted by Crippen LogP contribution is -2.37. The molecule has 0 aliphatic rings. The average molecular weight is 287 g/mol. The number of nitrogens with one attached hydrogen (secondary N) is 1. The van der Waals surface area contributed by atoms with Gasteiger partial charge in [0.25, 0.3) is 0 Å². The van der Waals surface area contributed by atoms with Gasteiger partial charge in [-0.1, -0.05) is 37.3 Å². The first-order valence-electron chi connectivity index (χ1n) is 7.17. The molecule has 5 heteroatoms. The smallest absolute Gasteiger partial charge is 0.228 e. The van der Waals surface area contributed by atoms with E-state index in [9.17, 15) is 9.90 Å². The van der Waals surface area contributed by atoms with Gasteiger partial charge in [-0.25, -0.2) is 0 Å². The van der Waals surface area contributed by atoms with E-state index >= 15 is 0 Å². The van der Waals surface area contributed by atoms with Crippen LogP contribution < -0.4 is 0 Å². The fourth-order valence-corrected chi connectivity index (χ4v) is 2.10. The predicted molar refractivity (Wildman–Crippen MR) is 80.4 cm³/mol. The van der Waals surface area contributed by atoms with Crippen LogP contribution in [0.15, 0.2) is 42.6 Å². The number of aliphatic hydroxyl groups excluding tert-OH is 1. The molecule has 2 rings (SSSR count). The van der Waals surface area contributed by atoms with E-state index in [-0.39, 0.29) is 12.3 Å². The molecule has 21 heavy (non-hydrogen) atoms.